The van der Waals surface area contributed by atoms with Gasteiger partial charge < -0.3 is 0 Å². The van der Waals surface area contributed by atoms with E-state index in [1.165, 1.54) is 25.7 Å². The Hall–Kier alpha value is 1.41. The second kappa shape index (κ2) is 12.1. The summed E-state index contributed by atoms with van der Waals surface area (Å²) < 4.78 is 3.49. The third kappa shape index (κ3) is 6.88. The maximum absolute atomic E-state index is 14.5. The van der Waals surface area contributed by atoms with E-state index in [1.54, 1.807) is 0 Å². The summed E-state index contributed by atoms with van der Waals surface area (Å²) in [6.07, 6.45) is 5.58. The number of hydrogen-bond acceptors (Lipinski definition) is 1. The first-order chi connectivity index (χ1) is 15.4. The number of ketones is 1. The van der Waals surface area contributed by atoms with Crippen LogP contribution < -0.4 is 0 Å². The minimum atomic E-state index is -2.21. The number of rotatable bonds is 8. The van der Waals surface area contributed by atoms with Crippen LogP contribution in [0.3, 0.4) is 0 Å². The van der Waals surface area contributed by atoms with Gasteiger partial charge in [-0.05, 0) is 0 Å². The molecule has 0 aromatic carbocycles. The van der Waals surface area contributed by atoms with Gasteiger partial charge in [-0.2, -0.15) is 0 Å². The molecule has 0 radical (unpaired) electrons. The molecule has 6 unspecified atom stereocenters. The molecule has 2 fully saturated rings. The number of carbonyl (C=O) groups excluding carboxylic acids is 1. The van der Waals surface area contributed by atoms with Crippen LogP contribution >= 0.6 is 0 Å². The van der Waals surface area contributed by atoms with Crippen molar-refractivity contribution in [1.82, 2.24) is 0 Å². The molecule has 0 amide bonds. The number of hydrogen-bond donors (Lipinski definition) is 0. The zero-order chi connectivity index (χ0) is 26.3. The summed E-state index contributed by atoms with van der Waals surface area (Å²) in [5, 5.41) is 0. The first kappa shape index (κ1) is 31.6. The van der Waals surface area contributed by atoms with Gasteiger partial charge >= 0.3 is 233 Å². The van der Waals surface area contributed by atoms with Gasteiger partial charge in [0.15, 0.2) is 0 Å². The summed E-state index contributed by atoms with van der Waals surface area (Å²) in [6.45, 7) is 34.8. The number of Topliss-reactive ketones (excluding diaryl/α,β-unsaturated/α-hetero) is 1. The molecule has 0 saturated carbocycles. The fraction of sp³-hybridized carbons (Fsp3) is 0.968. The second-order valence-electron chi connectivity index (χ2n) is 15.7. The van der Waals surface area contributed by atoms with Gasteiger partial charge in [-0.25, -0.2) is 0 Å². The van der Waals surface area contributed by atoms with E-state index < -0.39 is 42.9 Å². The van der Waals surface area contributed by atoms with E-state index >= 15 is 0 Å². The molecule has 1 nitrogen and oxygen atoms in total. The average molecular weight is 678 g/mol. The van der Waals surface area contributed by atoms with Crippen LogP contribution in [0.1, 0.15) is 123 Å². The quantitative estimate of drug-likeness (QED) is 0.250. The molecule has 2 aliphatic heterocycles. The van der Waals surface area contributed by atoms with E-state index in [9.17, 15) is 4.79 Å². The molecule has 2 saturated heterocycles. The monoisotopic (exact) mass is 678 g/mol. The van der Waals surface area contributed by atoms with E-state index in [4.69, 9.17) is 0 Å². The Morgan fingerprint density at radius 2 is 0.882 bits per heavy atom. The standard InChI is InChI=1S/2C13H26.C5H8O.2In/c2*1-10(2)7-8-13(12(5)6)9-11(3)4;1-3-5(6)4-2;;/h2*7,10,12-13H,8-9H2,1-6H3;3-4H,1-2H3;;. The fourth-order valence-corrected chi connectivity index (χ4v) is 45.0. The third-order valence-electron chi connectivity index (χ3n) is 11.0. The summed E-state index contributed by atoms with van der Waals surface area (Å²) in [7, 11) is 0. The van der Waals surface area contributed by atoms with E-state index in [0.29, 0.717) is 13.7 Å². The summed E-state index contributed by atoms with van der Waals surface area (Å²) in [4.78, 5) is 14.5. The molecule has 0 aromatic heterocycles. The molecule has 6 atom stereocenters. The summed E-state index contributed by atoms with van der Waals surface area (Å²) in [5.41, 5.74) is 0. The molecule has 196 valence electrons. The second-order valence-corrected chi connectivity index (χ2v) is 41.2. The van der Waals surface area contributed by atoms with Crippen LogP contribution in [0.25, 0.3) is 0 Å². The molecule has 3 heteroatoms. The van der Waals surface area contributed by atoms with E-state index in [1.807, 2.05) is 0 Å². The van der Waals surface area contributed by atoms with Crippen molar-refractivity contribution in [3.63, 3.8) is 0 Å². The van der Waals surface area contributed by atoms with Gasteiger partial charge in [0.1, 0.15) is 0 Å². The molecule has 0 N–H and O–H groups in total. The molecule has 2 rings (SSSR count). The first-order valence-corrected chi connectivity index (χ1v) is 25.9. The SMILES string of the molecule is CC(C)C1C[CH](C(C)C)[In]([CH](C)C(=O)[CH](C)[In]2[CH](C(C)C)CC(C(C)C)C[C]2(C)C)[C](C)(C)C1. The first-order valence-electron chi connectivity index (χ1n) is 15.0. The molecule has 2 aliphatic rings. The third-order valence-corrected chi connectivity index (χ3v) is 41.9. The zero-order valence-electron chi connectivity index (χ0n) is 25.7. The molecule has 0 aromatic rings. The molecular formula is C31H60In2O. The van der Waals surface area contributed by atoms with Crippen LogP contribution in [-0.4, -0.2) is 48.7 Å². The van der Waals surface area contributed by atoms with Gasteiger partial charge in [-0.15, -0.1) is 0 Å². The van der Waals surface area contributed by atoms with Crippen molar-refractivity contribution < 1.29 is 4.79 Å². The Bertz CT molecular complexity index is 621. The van der Waals surface area contributed by atoms with Crippen LogP contribution in [-0.2, 0) is 4.79 Å². The Morgan fingerprint density at radius 1 is 0.588 bits per heavy atom. The van der Waals surface area contributed by atoms with E-state index in [-0.39, 0.29) is 0 Å². The molecule has 34 heavy (non-hydrogen) atoms. The van der Waals surface area contributed by atoms with Crippen molar-refractivity contribution in [2.75, 3.05) is 0 Å². The van der Waals surface area contributed by atoms with Gasteiger partial charge in [0.05, 0.1) is 0 Å². The van der Waals surface area contributed by atoms with E-state index in [0.717, 1.165) is 48.6 Å². The van der Waals surface area contributed by atoms with Gasteiger partial charge in [-0.3, -0.25) is 0 Å². The Kier molecular flexibility index (Phi) is 11.2. The van der Waals surface area contributed by atoms with Crippen LogP contribution in [0.5, 0.6) is 0 Å². The zero-order valence-corrected chi connectivity index (χ0v) is 32.3. The predicted octanol–water partition coefficient (Wildman–Crippen LogP) is 10.1. The van der Waals surface area contributed by atoms with Gasteiger partial charge in [0, 0.05) is 0 Å². The molecule has 0 aliphatic carbocycles. The fourth-order valence-electron chi connectivity index (χ4n) is 9.19. The topological polar surface area (TPSA) is 17.1 Å². The summed E-state index contributed by atoms with van der Waals surface area (Å²) in [5.74, 6) is 5.50. The predicted molar refractivity (Wildman–Crippen MR) is 156 cm³/mol. The van der Waals surface area contributed by atoms with Gasteiger partial charge in [0.2, 0.25) is 0 Å². The average Bonchev–Trinajstić information content (AvgIpc) is 2.69. The van der Waals surface area contributed by atoms with Crippen LogP contribution in [0.4, 0.5) is 0 Å². The van der Waals surface area contributed by atoms with Gasteiger partial charge in [-0.1, -0.05) is 0 Å². The van der Waals surface area contributed by atoms with Crippen molar-refractivity contribution in [3.8, 4) is 0 Å². The van der Waals surface area contributed by atoms with Crippen molar-refractivity contribution in [2.45, 2.75) is 144 Å². The van der Waals surface area contributed by atoms with Crippen LogP contribution in [0.15, 0.2) is 0 Å². The normalized spacial score (nSPS) is 31.5. The summed E-state index contributed by atoms with van der Waals surface area (Å²) >= 11 is -4.42. The molecule has 2 heterocycles. The Labute approximate surface area is 230 Å². The Balaban J connectivity index is 2.37. The van der Waals surface area contributed by atoms with Crippen molar-refractivity contribution in [3.05, 3.63) is 0 Å². The molecule has 0 spiro atoms. The van der Waals surface area contributed by atoms with Crippen molar-refractivity contribution in [1.29, 1.82) is 0 Å². The summed E-state index contributed by atoms with van der Waals surface area (Å²) in [6, 6.07) is 0. The minimum absolute atomic E-state index is 0.412. The van der Waals surface area contributed by atoms with Gasteiger partial charge in [0.25, 0.3) is 0 Å². The van der Waals surface area contributed by atoms with Crippen molar-refractivity contribution in [2.24, 2.45) is 35.5 Å². The van der Waals surface area contributed by atoms with Crippen LogP contribution in [0, 0.1) is 35.5 Å². The molecular weight excluding hydrogens is 618 g/mol. The van der Waals surface area contributed by atoms with Crippen LogP contribution in [0.2, 0.25) is 21.0 Å². The van der Waals surface area contributed by atoms with E-state index in [2.05, 4.69) is 96.9 Å². The maximum atomic E-state index is 14.5. The molecule has 0 bridgehead atoms. The Morgan fingerprint density at radius 3 is 1.12 bits per heavy atom. The number of carbonyl (C=O) groups is 1. The van der Waals surface area contributed by atoms with Crippen molar-refractivity contribution >= 4 is 48.7 Å².